The minimum absolute atomic E-state index is 0.105. The average molecular weight is 326 g/mol. The number of pyridine rings is 1. The Hall–Kier alpha value is -2.89. The Morgan fingerprint density at radius 1 is 1.25 bits per heavy atom. The van der Waals surface area contributed by atoms with Crippen LogP contribution < -0.4 is 4.74 Å². The van der Waals surface area contributed by atoms with Crippen molar-refractivity contribution < 1.29 is 19.1 Å². The van der Waals surface area contributed by atoms with Crippen molar-refractivity contribution in [1.82, 2.24) is 9.88 Å². The first-order chi connectivity index (χ1) is 11.6. The van der Waals surface area contributed by atoms with Crippen LogP contribution >= 0.6 is 0 Å². The average Bonchev–Trinajstić information content (AvgIpc) is 2.80. The smallest absolute Gasteiger partial charge is 0.339 e. The number of rotatable bonds is 2. The molecular weight excluding hydrogens is 308 g/mol. The SMILES string of the molecule is COC(=O)c1cncc(C(=O)N2Cc3ccccc3OCC2C)c1. The van der Waals surface area contributed by atoms with Gasteiger partial charge in [-0.1, -0.05) is 18.2 Å². The van der Waals surface area contributed by atoms with Crippen molar-refractivity contribution in [2.45, 2.75) is 19.5 Å². The summed E-state index contributed by atoms with van der Waals surface area (Å²) in [7, 11) is 1.29. The summed E-state index contributed by atoms with van der Waals surface area (Å²) in [5.74, 6) is 0.0805. The summed E-state index contributed by atoms with van der Waals surface area (Å²) in [5, 5.41) is 0. The quantitative estimate of drug-likeness (QED) is 0.792. The number of benzene rings is 1. The summed E-state index contributed by atoms with van der Waals surface area (Å²) in [6.07, 6.45) is 2.84. The largest absolute Gasteiger partial charge is 0.491 e. The molecule has 1 amide bonds. The maximum absolute atomic E-state index is 12.9. The maximum atomic E-state index is 12.9. The number of fused-ring (bicyclic) bond motifs is 1. The molecule has 0 aliphatic carbocycles. The normalized spacial score (nSPS) is 16.6. The maximum Gasteiger partial charge on any atom is 0.339 e. The van der Waals surface area contributed by atoms with Gasteiger partial charge in [0.1, 0.15) is 12.4 Å². The molecule has 1 unspecified atom stereocenters. The summed E-state index contributed by atoms with van der Waals surface area (Å²) in [6, 6.07) is 9.06. The molecule has 1 atom stereocenters. The second-order valence-corrected chi connectivity index (χ2v) is 5.65. The minimum Gasteiger partial charge on any atom is -0.491 e. The molecule has 3 rings (SSSR count). The molecule has 6 heteroatoms. The zero-order chi connectivity index (χ0) is 17.1. The van der Waals surface area contributed by atoms with E-state index in [4.69, 9.17) is 4.74 Å². The van der Waals surface area contributed by atoms with Crippen LogP contribution in [0.5, 0.6) is 5.75 Å². The molecule has 6 nitrogen and oxygen atoms in total. The van der Waals surface area contributed by atoms with E-state index >= 15 is 0 Å². The molecule has 0 bridgehead atoms. The number of amides is 1. The lowest BCUT2D eigenvalue weighted by Gasteiger charge is -2.26. The lowest BCUT2D eigenvalue weighted by molar-refractivity contribution is 0.0600. The molecule has 2 heterocycles. The molecule has 2 aromatic rings. The number of hydrogen-bond acceptors (Lipinski definition) is 5. The first kappa shape index (κ1) is 16.0. The molecule has 1 aliphatic heterocycles. The number of aromatic nitrogens is 1. The van der Waals surface area contributed by atoms with Crippen molar-refractivity contribution in [1.29, 1.82) is 0 Å². The Morgan fingerprint density at radius 3 is 2.79 bits per heavy atom. The number of carbonyl (C=O) groups is 2. The highest BCUT2D eigenvalue weighted by Gasteiger charge is 2.27. The van der Waals surface area contributed by atoms with Crippen LogP contribution in [0.2, 0.25) is 0 Å². The van der Waals surface area contributed by atoms with E-state index < -0.39 is 5.97 Å². The van der Waals surface area contributed by atoms with Gasteiger partial charge in [-0.2, -0.15) is 0 Å². The summed E-state index contributed by atoms with van der Waals surface area (Å²) in [6.45, 7) is 2.78. The van der Waals surface area contributed by atoms with Gasteiger partial charge in [0, 0.05) is 18.0 Å². The number of esters is 1. The lowest BCUT2D eigenvalue weighted by Crippen LogP contribution is -2.40. The molecular formula is C18H18N2O4. The Labute approximate surface area is 140 Å². The van der Waals surface area contributed by atoms with Crippen molar-refractivity contribution in [3.05, 3.63) is 59.4 Å². The Balaban J connectivity index is 1.90. The number of ether oxygens (including phenoxy) is 2. The summed E-state index contributed by atoms with van der Waals surface area (Å²) in [5.41, 5.74) is 1.55. The van der Waals surface area contributed by atoms with Gasteiger partial charge in [-0.05, 0) is 19.1 Å². The van der Waals surface area contributed by atoms with Crippen LogP contribution in [-0.2, 0) is 11.3 Å². The van der Waals surface area contributed by atoms with Crippen molar-refractivity contribution in [3.63, 3.8) is 0 Å². The third-order valence-electron chi connectivity index (χ3n) is 3.99. The number of methoxy groups -OCH3 is 1. The van der Waals surface area contributed by atoms with Gasteiger partial charge in [-0.15, -0.1) is 0 Å². The molecule has 24 heavy (non-hydrogen) atoms. The fourth-order valence-electron chi connectivity index (χ4n) is 2.64. The summed E-state index contributed by atoms with van der Waals surface area (Å²) < 4.78 is 10.5. The number of hydrogen-bond donors (Lipinski definition) is 0. The molecule has 0 saturated carbocycles. The van der Waals surface area contributed by atoms with E-state index in [2.05, 4.69) is 9.72 Å². The highest BCUT2D eigenvalue weighted by atomic mass is 16.5. The monoisotopic (exact) mass is 326 g/mol. The molecule has 1 aromatic carbocycles. The molecule has 1 aliphatic rings. The van der Waals surface area contributed by atoms with Gasteiger partial charge in [-0.3, -0.25) is 9.78 Å². The van der Waals surface area contributed by atoms with Gasteiger partial charge >= 0.3 is 5.97 Å². The van der Waals surface area contributed by atoms with Crippen LogP contribution in [0.25, 0.3) is 0 Å². The Bertz CT molecular complexity index is 775. The predicted octanol–water partition coefficient (Wildman–Crippen LogP) is 2.29. The van der Waals surface area contributed by atoms with Crippen molar-refractivity contribution in [3.8, 4) is 5.75 Å². The summed E-state index contributed by atoms with van der Waals surface area (Å²) in [4.78, 5) is 30.3. The van der Waals surface area contributed by atoms with Crippen LogP contribution in [0.1, 0.15) is 33.2 Å². The van der Waals surface area contributed by atoms with Crippen molar-refractivity contribution in [2.75, 3.05) is 13.7 Å². The minimum atomic E-state index is -0.519. The molecule has 0 radical (unpaired) electrons. The van der Waals surface area contributed by atoms with Crippen LogP contribution in [0.4, 0.5) is 0 Å². The fourth-order valence-corrected chi connectivity index (χ4v) is 2.64. The van der Waals surface area contributed by atoms with E-state index in [1.807, 2.05) is 31.2 Å². The molecule has 1 aromatic heterocycles. The van der Waals surface area contributed by atoms with Gasteiger partial charge in [0.05, 0.1) is 30.8 Å². The third-order valence-corrected chi connectivity index (χ3v) is 3.99. The Morgan fingerprint density at radius 2 is 2.00 bits per heavy atom. The molecule has 0 spiro atoms. The Kier molecular flexibility index (Phi) is 4.46. The predicted molar refractivity (Wildman–Crippen MR) is 86.8 cm³/mol. The number of nitrogens with zero attached hydrogens (tertiary/aromatic N) is 2. The highest BCUT2D eigenvalue weighted by molar-refractivity contribution is 5.97. The molecule has 0 saturated heterocycles. The van der Waals surface area contributed by atoms with E-state index in [-0.39, 0.29) is 17.5 Å². The summed E-state index contributed by atoms with van der Waals surface area (Å²) >= 11 is 0. The van der Waals surface area contributed by atoms with Gasteiger partial charge in [0.25, 0.3) is 5.91 Å². The van der Waals surface area contributed by atoms with E-state index in [0.29, 0.717) is 18.7 Å². The standard InChI is InChI=1S/C18H18N2O4/c1-12-11-24-16-6-4-3-5-13(16)10-20(12)17(21)14-7-15(9-19-8-14)18(22)23-2/h3-9,12H,10-11H2,1-2H3. The van der Waals surface area contributed by atoms with E-state index in [0.717, 1.165) is 11.3 Å². The van der Waals surface area contributed by atoms with Crippen LogP contribution in [0, 0.1) is 0 Å². The first-order valence-corrected chi connectivity index (χ1v) is 7.65. The van der Waals surface area contributed by atoms with Crippen LogP contribution in [-0.4, -0.2) is 41.5 Å². The fraction of sp³-hybridized carbons (Fsp3) is 0.278. The lowest BCUT2D eigenvalue weighted by atomic mass is 10.1. The van der Waals surface area contributed by atoms with Gasteiger partial charge in [0.15, 0.2) is 0 Å². The van der Waals surface area contributed by atoms with E-state index in [1.54, 1.807) is 4.90 Å². The molecule has 0 fully saturated rings. The first-order valence-electron chi connectivity index (χ1n) is 7.65. The van der Waals surface area contributed by atoms with Crippen LogP contribution in [0.3, 0.4) is 0 Å². The molecule has 0 N–H and O–H groups in total. The molecule has 124 valence electrons. The highest BCUT2D eigenvalue weighted by Crippen LogP contribution is 2.25. The van der Waals surface area contributed by atoms with E-state index in [1.165, 1.54) is 25.6 Å². The zero-order valence-electron chi connectivity index (χ0n) is 13.6. The second kappa shape index (κ2) is 6.70. The number of para-hydroxylation sites is 1. The second-order valence-electron chi connectivity index (χ2n) is 5.65. The van der Waals surface area contributed by atoms with E-state index in [9.17, 15) is 9.59 Å². The zero-order valence-corrected chi connectivity index (χ0v) is 13.6. The third kappa shape index (κ3) is 3.08. The van der Waals surface area contributed by atoms with Crippen molar-refractivity contribution >= 4 is 11.9 Å². The van der Waals surface area contributed by atoms with Crippen LogP contribution in [0.15, 0.2) is 42.7 Å². The van der Waals surface area contributed by atoms with Crippen molar-refractivity contribution in [2.24, 2.45) is 0 Å². The number of carbonyl (C=O) groups excluding carboxylic acids is 2. The topological polar surface area (TPSA) is 68.7 Å². The van der Waals surface area contributed by atoms with Gasteiger partial charge < -0.3 is 14.4 Å². The van der Waals surface area contributed by atoms with Gasteiger partial charge in [-0.25, -0.2) is 4.79 Å². The van der Waals surface area contributed by atoms with Gasteiger partial charge in [0.2, 0.25) is 0 Å².